The standard InChI is InChI=1S/C19H20ClN3O4/c1-19(2,3)23-17(25)14-7-5-6-13(21-14)16(24)22-15-10-11(18(26)27-4)8-9-12(15)20/h5-10H,1-4H3,(H,22,24)(H,23,25). The molecule has 7 nitrogen and oxygen atoms in total. The van der Waals surface area contributed by atoms with Gasteiger partial charge in [-0.3, -0.25) is 9.59 Å². The van der Waals surface area contributed by atoms with E-state index in [0.29, 0.717) is 0 Å². The number of benzene rings is 1. The molecule has 0 aliphatic rings. The minimum absolute atomic E-state index is 0.0381. The molecule has 0 unspecified atom stereocenters. The second kappa shape index (κ2) is 8.18. The number of carbonyl (C=O) groups is 3. The van der Waals surface area contributed by atoms with Crippen molar-refractivity contribution in [3.05, 3.63) is 58.4 Å². The molecule has 1 heterocycles. The minimum Gasteiger partial charge on any atom is -0.465 e. The maximum absolute atomic E-state index is 12.5. The van der Waals surface area contributed by atoms with Crippen molar-refractivity contribution in [1.29, 1.82) is 0 Å². The first-order valence-corrected chi connectivity index (χ1v) is 8.47. The van der Waals surface area contributed by atoms with Gasteiger partial charge in [0.15, 0.2) is 0 Å². The molecule has 2 aromatic rings. The summed E-state index contributed by atoms with van der Waals surface area (Å²) < 4.78 is 4.65. The number of hydrogen-bond donors (Lipinski definition) is 2. The maximum Gasteiger partial charge on any atom is 0.337 e. The third-order valence-electron chi connectivity index (χ3n) is 3.34. The fraction of sp³-hybridized carbons (Fsp3) is 0.263. The highest BCUT2D eigenvalue weighted by atomic mass is 35.5. The number of pyridine rings is 1. The van der Waals surface area contributed by atoms with Gasteiger partial charge in [-0.25, -0.2) is 9.78 Å². The molecule has 0 aliphatic heterocycles. The van der Waals surface area contributed by atoms with E-state index < -0.39 is 17.4 Å². The molecule has 0 saturated heterocycles. The minimum atomic E-state index is -0.565. The molecule has 2 N–H and O–H groups in total. The normalized spacial score (nSPS) is 10.9. The van der Waals surface area contributed by atoms with Crippen LogP contribution in [0.2, 0.25) is 5.02 Å². The molecule has 1 aromatic carbocycles. The average Bonchev–Trinajstić information content (AvgIpc) is 2.61. The molecule has 0 aliphatic carbocycles. The van der Waals surface area contributed by atoms with E-state index in [1.165, 1.54) is 37.4 Å². The van der Waals surface area contributed by atoms with E-state index in [0.717, 1.165) is 0 Å². The van der Waals surface area contributed by atoms with Crippen LogP contribution < -0.4 is 10.6 Å². The van der Waals surface area contributed by atoms with Gasteiger partial charge in [-0.2, -0.15) is 0 Å². The van der Waals surface area contributed by atoms with Crippen molar-refractivity contribution in [3.8, 4) is 0 Å². The summed E-state index contributed by atoms with van der Waals surface area (Å²) in [7, 11) is 1.26. The summed E-state index contributed by atoms with van der Waals surface area (Å²) >= 11 is 6.08. The second-order valence-electron chi connectivity index (χ2n) is 6.75. The Labute approximate surface area is 162 Å². The summed E-state index contributed by atoms with van der Waals surface area (Å²) in [6.07, 6.45) is 0. The fourth-order valence-electron chi connectivity index (χ4n) is 2.14. The lowest BCUT2D eigenvalue weighted by molar-refractivity contribution is 0.0600. The van der Waals surface area contributed by atoms with Crippen molar-refractivity contribution < 1.29 is 19.1 Å². The molecule has 27 heavy (non-hydrogen) atoms. The first-order valence-electron chi connectivity index (χ1n) is 8.09. The fourth-order valence-corrected chi connectivity index (χ4v) is 2.31. The van der Waals surface area contributed by atoms with Crippen LogP contribution in [-0.4, -0.2) is 35.4 Å². The van der Waals surface area contributed by atoms with E-state index in [4.69, 9.17) is 11.6 Å². The van der Waals surface area contributed by atoms with Crippen molar-refractivity contribution in [1.82, 2.24) is 10.3 Å². The summed E-state index contributed by atoms with van der Waals surface area (Å²) in [5.74, 6) is -1.51. The van der Waals surface area contributed by atoms with Gasteiger partial charge in [0.2, 0.25) is 0 Å². The molecule has 0 fully saturated rings. The van der Waals surface area contributed by atoms with E-state index in [1.54, 1.807) is 6.07 Å². The molecular weight excluding hydrogens is 370 g/mol. The van der Waals surface area contributed by atoms with Gasteiger partial charge < -0.3 is 15.4 Å². The molecule has 1 aromatic heterocycles. The summed E-state index contributed by atoms with van der Waals surface area (Å²) in [6.45, 7) is 5.53. The highest BCUT2D eigenvalue weighted by Gasteiger charge is 2.18. The van der Waals surface area contributed by atoms with E-state index in [9.17, 15) is 14.4 Å². The summed E-state index contributed by atoms with van der Waals surface area (Å²) in [4.78, 5) is 40.4. The van der Waals surface area contributed by atoms with Gasteiger partial charge >= 0.3 is 5.97 Å². The van der Waals surface area contributed by atoms with Crippen LogP contribution in [0.15, 0.2) is 36.4 Å². The third kappa shape index (κ3) is 5.52. The predicted octanol–water partition coefficient (Wildman–Crippen LogP) is 3.30. The van der Waals surface area contributed by atoms with Gasteiger partial charge in [0.1, 0.15) is 11.4 Å². The molecule has 8 heteroatoms. The lowest BCUT2D eigenvalue weighted by Gasteiger charge is -2.20. The molecule has 2 rings (SSSR count). The van der Waals surface area contributed by atoms with Crippen molar-refractivity contribution >= 4 is 35.1 Å². The Morgan fingerprint density at radius 3 is 2.26 bits per heavy atom. The van der Waals surface area contributed by atoms with Gasteiger partial charge in [0, 0.05) is 5.54 Å². The van der Waals surface area contributed by atoms with Crippen LogP contribution in [0, 0.1) is 0 Å². The lowest BCUT2D eigenvalue weighted by Crippen LogP contribution is -2.41. The zero-order valence-corrected chi connectivity index (χ0v) is 16.2. The van der Waals surface area contributed by atoms with E-state index in [1.807, 2.05) is 20.8 Å². The zero-order chi connectivity index (χ0) is 20.2. The van der Waals surface area contributed by atoms with Crippen LogP contribution in [0.5, 0.6) is 0 Å². The molecule has 0 atom stereocenters. The average molecular weight is 390 g/mol. The number of nitrogens with zero attached hydrogens (tertiary/aromatic N) is 1. The van der Waals surface area contributed by atoms with Crippen LogP contribution >= 0.6 is 11.6 Å². The number of ether oxygens (including phenoxy) is 1. The number of amides is 2. The van der Waals surface area contributed by atoms with Gasteiger partial charge in [0.05, 0.1) is 23.4 Å². The van der Waals surface area contributed by atoms with Gasteiger partial charge in [-0.15, -0.1) is 0 Å². The summed E-state index contributed by atoms with van der Waals surface area (Å²) in [6, 6.07) is 8.92. The second-order valence-corrected chi connectivity index (χ2v) is 7.16. The number of carbonyl (C=O) groups excluding carboxylic acids is 3. The lowest BCUT2D eigenvalue weighted by atomic mass is 10.1. The van der Waals surface area contributed by atoms with E-state index in [2.05, 4.69) is 20.4 Å². The van der Waals surface area contributed by atoms with E-state index in [-0.39, 0.29) is 33.6 Å². The SMILES string of the molecule is COC(=O)c1ccc(Cl)c(NC(=O)c2cccc(C(=O)NC(C)(C)C)n2)c1. The molecule has 0 spiro atoms. The summed E-state index contributed by atoms with van der Waals surface area (Å²) in [5.41, 5.74) is 0.196. The Bertz CT molecular complexity index is 891. The number of methoxy groups -OCH3 is 1. The Morgan fingerprint density at radius 1 is 1.04 bits per heavy atom. The van der Waals surface area contributed by atoms with Crippen LogP contribution in [0.25, 0.3) is 0 Å². The van der Waals surface area contributed by atoms with Gasteiger partial charge in [-0.1, -0.05) is 17.7 Å². The molecule has 0 radical (unpaired) electrons. The monoisotopic (exact) mass is 389 g/mol. The van der Waals surface area contributed by atoms with Crippen LogP contribution in [-0.2, 0) is 4.74 Å². The van der Waals surface area contributed by atoms with Crippen LogP contribution in [0.3, 0.4) is 0 Å². The van der Waals surface area contributed by atoms with Crippen molar-refractivity contribution in [2.75, 3.05) is 12.4 Å². The molecular formula is C19H20ClN3O4. The number of rotatable bonds is 4. The Balaban J connectivity index is 2.23. The van der Waals surface area contributed by atoms with Crippen molar-refractivity contribution in [2.45, 2.75) is 26.3 Å². The number of anilines is 1. The summed E-state index contributed by atoms with van der Waals surface area (Å²) in [5, 5.41) is 5.62. The number of hydrogen-bond acceptors (Lipinski definition) is 5. The molecule has 2 amide bonds. The smallest absolute Gasteiger partial charge is 0.337 e. The first-order chi connectivity index (χ1) is 12.6. The van der Waals surface area contributed by atoms with Gasteiger partial charge in [0.25, 0.3) is 11.8 Å². The highest BCUT2D eigenvalue weighted by molar-refractivity contribution is 6.34. The Morgan fingerprint density at radius 2 is 1.67 bits per heavy atom. The maximum atomic E-state index is 12.5. The topological polar surface area (TPSA) is 97.4 Å². The first kappa shape index (κ1) is 20.4. The molecule has 0 bridgehead atoms. The number of nitrogens with one attached hydrogen (secondary N) is 2. The number of halogens is 1. The predicted molar refractivity (Wildman–Crippen MR) is 102 cm³/mol. The zero-order valence-electron chi connectivity index (χ0n) is 15.4. The van der Waals surface area contributed by atoms with Crippen LogP contribution in [0.1, 0.15) is 52.1 Å². The third-order valence-corrected chi connectivity index (χ3v) is 3.67. The Hall–Kier alpha value is -2.93. The quantitative estimate of drug-likeness (QED) is 0.782. The Kier molecular flexibility index (Phi) is 6.17. The van der Waals surface area contributed by atoms with E-state index >= 15 is 0 Å². The van der Waals surface area contributed by atoms with Crippen molar-refractivity contribution in [2.24, 2.45) is 0 Å². The number of aromatic nitrogens is 1. The highest BCUT2D eigenvalue weighted by Crippen LogP contribution is 2.24. The van der Waals surface area contributed by atoms with Gasteiger partial charge in [-0.05, 0) is 51.1 Å². The van der Waals surface area contributed by atoms with Crippen LogP contribution in [0.4, 0.5) is 5.69 Å². The largest absolute Gasteiger partial charge is 0.465 e. The number of esters is 1. The molecule has 0 saturated carbocycles. The van der Waals surface area contributed by atoms with Crippen molar-refractivity contribution in [3.63, 3.8) is 0 Å². The molecule has 142 valence electrons.